The molecule has 202 valence electrons. The molecule has 0 radical (unpaired) electrons. The van der Waals surface area contributed by atoms with E-state index in [0.29, 0.717) is 27.9 Å². The molecule has 2 atom stereocenters. The van der Waals surface area contributed by atoms with Crippen molar-refractivity contribution in [1.82, 2.24) is 5.27 Å². The van der Waals surface area contributed by atoms with E-state index in [9.17, 15) is 14.4 Å². The summed E-state index contributed by atoms with van der Waals surface area (Å²) in [5, 5.41) is 5.53. The van der Waals surface area contributed by atoms with Gasteiger partial charge in [0, 0.05) is 17.0 Å². The normalized spacial score (nSPS) is 15.3. The molecule has 0 aliphatic heterocycles. The number of aromatic nitrogens is 2. The highest BCUT2D eigenvalue weighted by atomic mass is 32.2. The van der Waals surface area contributed by atoms with Gasteiger partial charge in [0.05, 0.1) is 25.0 Å². The molecule has 2 heterocycles. The van der Waals surface area contributed by atoms with E-state index < -0.39 is 16.8 Å². The predicted molar refractivity (Wildman–Crippen MR) is 148 cm³/mol. The topological polar surface area (TPSA) is 115 Å². The molecular formula is C28H28N3O6S2+. The first kappa shape index (κ1) is 26.8. The number of H-pyrrole nitrogens is 1. The Kier molecular flexibility index (Phi) is 7.89. The molecule has 1 aliphatic rings. The fraction of sp³-hybridized carbons (Fsp3) is 0.286. The van der Waals surface area contributed by atoms with Crippen LogP contribution in [0, 0.1) is 0 Å². The molecule has 0 spiro atoms. The van der Waals surface area contributed by atoms with E-state index in [1.165, 1.54) is 28.7 Å². The van der Waals surface area contributed by atoms with E-state index in [2.05, 4.69) is 22.7 Å². The van der Waals surface area contributed by atoms with Gasteiger partial charge in [-0.05, 0) is 77.1 Å². The molecule has 4 aromatic rings. The summed E-state index contributed by atoms with van der Waals surface area (Å²) in [4.78, 5) is 39.6. The Bertz CT molecular complexity index is 1540. The van der Waals surface area contributed by atoms with Crippen LogP contribution in [0.4, 0.5) is 5.00 Å². The number of rotatable bonds is 8. The van der Waals surface area contributed by atoms with Gasteiger partial charge in [0.1, 0.15) is 10.8 Å². The van der Waals surface area contributed by atoms with Gasteiger partial charge in [-0.15, -0.1) is 11.3 Å². The van der Waals surface area contributed by atoms with E-state index in [0.717, 1.165) is 41.5 Å². The van der Waals surface area contributed by atoms with Crippen LogP contribution < -0.4 is 20.4 Å². The van der Waals surface area contributed by atoms with Crippen LogP contribution in [0.2, 0.25) is 0 Å². The maximum Gasteiger partial charge on any atom is 0.442 e. The summed E-state index contributed by atoms with van der Waals surface area (Å²) in [6.45, 7) is 1.70. The molecule has 9 nitrogen and oxygen atoms in total. The third-order valence-corrected chi connectivity index (χ3v) is 9.07. The van der Waals surface area contributed by atoms with Crippen molar-refractivity contribution in [3.63, 3.8) is 0 Å². The van der Waals surface area contributed by atoms with Crippen LogP contribution in [0.1, 0.15) is 45.6 Å². The monoisotopic (exact) mass is 566 g/mol. The lowest BCUT2D eigenvalue weighted by Gasteiger charge is -2.22. The quantitative estimate of drug-likeness (QED) is 0.183. The Morgan fingerprint density at radius 2 is 1.90 bits per heavy atom. The lowest BCUT2D eigenvalue weighted by Crippen LogP contribution is -2.37. The number of benzene rings is 2. The molecule has 5 rings (SSSR count). The third-order valence-electron chi connectivity index (χ3n) is 6.76. The van der Waals surface area contributed by atoms with E-state index in [1.54, 1.807) is 38.3 Å². The van der Waals surface area contributed by atoms with Gasteiger partial charge in [-0.1, -0.05) is 30.3 Å². The number of thioether (sulfide) groups is 1. The van der Waals surface area contributed by atoms with Gasteiger partial charge >= 0.3 is 16.6 Å². The molecule has 0 saturated heterocycles. The molecule has 11 heteroatoms. The van der Waals surface area contributed by atoms with Crippen molar-refractivity contribution < 1.29 is 28.3 Å². The smallest absolute Gasteiger partial charge is 0.442 e. The highest BCUT2D eigenvalue weighted by molar-refractivity contribution is 8.00. The Morgan fingerprint density at radius 1 is 1.15 bits per heavy atom. The number of fused-ring (bicyclic) bond motifs is 1. The summed E-state index contributed by atoms with van der Waals surface area (Å²) < 4.78 is 16.8. The fourth-order valence-electron chi connectivity index (χ4n) is 4.70. The number of carbonyl (C=O) groups is 2. The highest BCUT2D eigenvalue weighted by Crippen LogP contribution is 2.43. The van der Waals surface area contributed by atoms with Crippen molar-refractivity contribution in [3.05, 3.63) is 86.6 Å². The molecular weight excluding hydrogens is 538 g/mol. The van der Waals surface area contributed by atoms with E-state index >= 15 is 0 Å². The minimum Gasteiger partial charge on any atom is -0.497 e. The summed E-state index contributed by atoms with van der Waals surface area (Å²) in [5.41, 5.74) is 2.68. The second-order valence-corrected chi connectivity index (χ2v) is 11.6. The number of aromatic amines is 1. The summed E-state index contributed by atoms with van der Waals surface area (Å²) in [7, 11) is 2.91. The molecule has 2 N–H and O–H groups in total. The first-order chi connectivity index (χ1) is 18.9. The number of nitrogens with zero attached hydrogens (tertiary/aromatic N) is 1. The zero-order valence-electron chi connectivity index (χ0n) is 21.7. The molecule has 2 aromatic heterocycles. The number of carbonyl (C=O) groups excluding carboxylic acids is 2. The number of nitrogens with one attached hydrogen (secondary N) is 2. The van der Waals surface area contributed by atoms with Gasteiger partial charge in [-0.25, -0.2) is 9.59 Å². The van der Waals surface area contributed by atoms with Crippen molar-refractivity contribution in [2.75, 3.05) is 19.5 Å². The first-order valence-corrected chi connectivity index (χ1v) is 14.1. The third kappa shape index (κ3) is 5.50. The molecule has 39 heavy (non-hydrogen) atoms. The van der Waals surface area contributed by atoms with Crippen LogP contribution in [0.25, 0.3) is 5.69 Å². The highest BCUT2D eigenvalue weighted by Gasteiger charge is 2.33. The second-order valence-electron chi connectivity index (χ2n) is 9.12. The first-order valence-electron chi connectivity index (χ1n) is 12.4. The lowest BCUT2D eigenvalue weighted by atomic mass is 9.83. The number of ether oxygens (including phenoxy) is 2. The molecule has 1 amide bonds. The maximum atomic E-state index is 13.3. The Morgan fingerprint density at radius 3 is 2.59 bits per heavy atom. The lowest BCUT2D eigenvalue weighted by molar-refractivity contribution is -0.704. The number of hydrogen-bond acceptors (Lipinski definition) is 8. The standard InChI is InChI=1S/C28H27N3O6S2/c1-16(38-26-28(34)37-30-31(26)19-10-12-20(35-2)13-11-19)24(32)29-25-23(27(33)36-3)21-14-9-18(15-22(21)39-25)17-7-5-4-6-8-17/h4-8,10-13,16,18H,9,14-15H2,1-3H3,(H-,29,30,32,33,34)/p+1. The summed E-state index contributed by atoms with van der Waals surface area (Å²) in [6, 6.07) is 17.4. The van der Waals surface area contributed by atoms with Gasteiger partial charge in [0.25, 0.3) is 0 Å². The molecule has 2 aromatic carbocycles. The number of esters is 1. The number of anilines is 1. The molecule has 0 saturated carbocycles. The number of thiophene rings is 1. The van der Waals surface area contributed by atoms with Crippen molar-refractivity contribution in [2.45, 2.75) is 42.4 Å². The van der Waals surface area contributed by atoms with E-state index in [4.69, 9.17) is 14.0 Å². The Labute approximate surface area is 233 Å². The fourth-order valence-corrected chi connectivity index (χ4v) is 6.91. The SMILES string of the molecule is COC(=O)c1c(NC(=O)C(C)Sc2c(=O)o[nH][n+]2-c2ccc(OC)cc2)sc2c1CCC(c1ccccc1)C2. The summed E-state index contributed by atoms with van der Waals surface area (Å²) in [6.07, 6.45) is 2.43. The molecule has 0 fully saturated rings. The molecule has 0 bridgehead atoms. The van der Waals surface area contributed by atoms with Crippen molar-refractivity contribution in [2.24, 2.45) is 0 Å². The molecule has 1 aliphatic carbocycles. The Hall–Kier alpha value is -3.83. The number of hydrogen-bond donors (Lipinski definition) is 2. The second kappa shape index (κ2) is 11.5. The average Bonchev–Trinajstić information content (AvgIpc) is 3.51. The van der Waals surface area contributed by atoms with Crippen molar-refractivity contribution in [1.29, 1.82) is 0 Å². The average molecular weight is 567 g/mol. The van der Waals surface area contributed by atoms with Crippen molar-refractivity contribution >= 4 is 40.0 Å². The van der Waals surface area contributed by atoms with Crippen LogP contribution in [-0.2, 0) is 22.4 Å². The zero-order valence-corrected chi connectivity index (χ0v) is 23.3. The van der Waals surface area contributed by atoms with Gasteiger partial charge < -0.3 is 14.8 Å². The summed E-state index contributed by atoms with van der Waals surface area (Å²) in [5.74, 6) is 0.208. The van der Waals surface area contributed by atoms with Crippen LogP contribution in [-0.4, -0.2) is 36.6 Å². The van der Waals surface area contributed by atoms with Crippen LogP contribution in [0.5, 0.6) is 5.75 Å². The van der Waals surface area contributed by atoms with Gasteiger partial charge in [0.2, 0.25) is 11.6 Å². The van der Waals surface area contributed by atoms with E-state index in [-0.39, 0.29) is 10.9 Å². The zero-order chi connectivity index (χ0) is 27.5. The summed E-state index contributed by atoms with van der Waals surface area (Å²) >= 11 is 2.48. The number of methoxy groups -OCH3 is 2. The van der Waals surface area contributed by atoms with Crippen LogP contribution in [0.3, 0.4) is 0 Å². The van der Waals surface area contributed by atoms with Gasteiger partial charge in [-0.3, -0.25) is 9.32 Å². The Balaban J connectivity index is 1.36. The largest absolute Gasteiger partial charge is 0.497 e. The molecule has 2 unspecified atom stereocenters. The maximum absolute atomic E-state index is 13.3. The minimum absolute atomic E-state index is 0.215. The minimum atomic E-state index is -0.671. The van der Waals surface area contributed by atoms with Gasteiger partial charge in [-0.2, -0.15) is 0 Å². The predicted octanol–water partition coefficient (Wildman–Crippen LogP) is 4.49. The number of amides is 1. The van der Waals surface area contributed by atoms with Gasteiger partial charge in [0.15, 0.2) is 0 Å². The van der Waals surface area contributed by atoms with E-state index in [1.807, 2.05) is 18.2 Å². The van der Waals surface area contributed by atoms with Crippen LogP contribution in [0.15, 0.2) is 68.9 Å². The van der Waals surface area contributed by atoms with Crippen LogP contribution >= 0.6 is 23.1 Å². The van der Waals surface area contributed by atoms with Crippen molar-refractivity contribution in [3.8, 4) is 11.4 Å².